The maximum atomic E-state index is 13.0. The Morgan fingerprint density at radius 3 is 2.50 bits per heavy atom. The van der Waals surface area contributed by atoms with Crippen molar-refractivity contribution in [2.75, 3.05) is 0 Å². The Morgan fingerprint density at radius 2 is 1.77 bits per heavy atom. The van der Waals surface area contributed by atoms with Crippen LogP contribution in [-0.2, 0) is 0 Å². The van der Waals surface area contributed by atoms with Crippen LogP contribution in [0.2, 0.25) is 0 Å². The van der Waals surface area contributed by atoms with E-state index in [2.05, 4.69) is 19.9 Å². The lowest BCUT2D eigenvalue weighted by Crippen LogP contribution is -2.45. The van der Waals surface area contributed by atoms with Gasteiger partial charge in [0.15, 0.2) is 0 Å². The van der Waals surface area contributed by atoms with Crippen molar-refractivity contribution in [1.82, 2.24) is 13.9 Å². The van der Waals surface area contributed by atoms with Crippen LogP contribution in [0.25, 0.3) is 5.69 Å². The highest BCUT2D eigenvalue weighted by Crippen LogP contribution is 2.70. The van der Waals surface area contributed by atoms with Gasteiger partial charge in [-0.3, -0.25) is 0 Å². The van der Waals surface area contributed by atoms with Crippen molar-refractivity contribution in [3.8, 4) is 5.69 Å². The molecule has 4 atom stereocenters. The van der Waals surface area contributed by atoms with Gasteiger partial charge in [0, 0.05) is 0 Å². The fraction of sp³-hybridized carbons (Fsp3) is 0.412. The minimum absolute atomic E-state index is 0.0210. The molecule has 3 heterocycles. The van der Waals surface area contributed by atoms with Crippen LogP contribution in [0.15, 0.2) is 51.6 Å². The van der Waals surface area contributed by atoms with Gasteiger partial charge < -0.3 is 0 Å². The van der Waals surface area contributed by atoms with Gasteiger partial charge in [0.25, 0.3) is 0 Å². The van der Waals surface area contributed by atoms with Crippen LogP contribution < -0.4 is 11.4 Å². The van der Waals surface area contributed by atoms with E-state index in [1.165, 1.54) is 10.1 Å². The SMILES string of the molecule is CC1=C[C@@H]2[C@@H]3C[C@]3(C)[C@@H]1n1c(=O)n(-c3ccccc3)c(=O)n12. The molecule has 22 heavy (non-hydrogen) atoms. The molecule has 1 aromatic carbocycles. The van der Waals surface area contributed by atoms with E-state index in [1.807, 2.05) is 18.2 Å². The number of hydrogen-bond donors (Lipinski definition) is 0. The van der Waals surface area contributed by atoms with E-state index in [0.29, 0.717) is 11.6 Å². The summed E-state index contributed by atoms with van der Waals surface area (Å²) in [4.78, 5) is 25.8. The number of allylic oxidation sites excluding steroid dienone is 2. The molecule has 5 nitrogen and oxygen atoms in total. The molecule has 0 spiro atoms. The maximum Gasteiger partial charge on any atom is 0.352 e. The summed E-state index contributed by atoms with van der Waals surface area (Å²) in [5.74, 6) is 0.491. The smallest absolute Gasteiger partial charge is 0.245 e. The number of nitrogens with zero attached hydrogens (tertiary/aromatic N) is 3. The van der Waals surface area contributed by atoms with Crippen LogP contribution in [0, 0.1) is 11.3 Å². The van der Waals surface area contributed by atoms with Gasteiger partial charge in [0.2, 0.25) is 0 Å². The average molecular weight is 295 g/mol. The Labute approximate surface area is 127 Å². The lowest BCUT2D eigenvalue weighted by atomic mass is 9.81. The molecule has 6 rings (SSSR count). The van der Waals surface area contributed by atoms with Crippen LogP contribution in [0.3, 0.4) is 0 Å². The van der Waals surface area contributed by atoms with Crippen molar-refractivity contribution in [3.05, 3.63) is 62.9 Å². The second-order valence-corrected chi connectivity index (χ2v) is 7.05. The molecular formula is C17H17N3O2. The summed E-state index contributed by atoms with van der Waals surface area (Å²) < 4.78 is 4.70. The van der Waals surface area contributed by atoms with Crippen molar-refractivity contribution in [2.45, 2.75) is 32.4 Å². The Kier molecular flexibility index (Phi) is 1.97. The molecule has 0 N–H and O–H groups in total. The summed E-state index contributed by atoms with van der Waals surface area (Å²) in [7, 11) is 0. The second kappa shape index (κ2) is 3.54. The van der Waals surface area contributed by atoms with E-state index in [9.17, 15) is 9.59 Å². The van der Waals surface area contributed by atoms with Gasteiger partial charge in [-0.15, -0.1) is 0 Å². The number of para-hydroxylation sites is 1. The molecular weight excluding hydrogens is 278 g/mol. The standard InChI is InChI=1S/C17H17N3O2/c1-10-8-13-12-9-17(12,2)14(10)20-16(22)18(15(21)19(13)20)11-6-4-3-5-7-11/h3-8,12-14H,9H2,1-2H3/t12-,13+,14+,17-/m0/s1. The predicted molar refractivity (Wildman–Crippen MR) is 82.3 cm³/mol. The van der Waals surface area contributed by atoms with Gasteiger partial charge in [0.05, 0.1) is 17.8 Å². The Balaban J connectivity index is 1.84. The number of rotatable bonds is 1. The predicted octanol–water partition coefficient (Wildman–Crippen LogP) is 1.88. The van der Waals surface area contributed by atoms with E-state index in [-0.39, 0.29) is 28.9 Å². The molecule has 112 valence electrons. The van der Waals surface area contributed by atoms with Gasteiger partial charge in [-0.05, 0) is 36.8 Å². The molecule has 0 saturated heterocycles. The van der Waals surface area contributed by atoms with Crippen LogP contribution in [0.4, 0.5) is 0 Å². The lowest BCUT2D eigenvalue weighted by molar-refractivity contribution is 0.168. The van der Waals surface area contributed by atoms with Gasteiger partial charge in [-0.25, -0.2) is 23.5 Å². The molecule has 5 heteroatoms. The van der Waals surface area contributed by atoms with E-state index < -0.39 is 0 Å². The molecule has 0 unspecified atom stereocenters. The minimum atomic E-state index is -0.219. The van der Waals surface area contributed by atoms with Gasteiger partial charge in [0.1, 0.15) is 0 Å². The summed E-state index contributed by atoms with van der Waals surface area (Å²) in [6.07, 6.45) is 3.27. The summed E-state index contributed by atoms with van der Waals surface area (Å²) in [6, 6.07) is 9.24. The Morgan fingerprint density at radius 1 is 1.09 bits per heavy atom. The van der Waals surface area contributed by atoms with Crippen molar-refractivity contribution >= 4 is 0 Å². The van der Waals surface area contributed by atoms with Crippen molar-refractivity contribution < 1.29 is 0 Å². The normalized spacial score (nSPS) is 34.1. The highest BCUT2D eigenvalue weighted by atomic mass is 16.2. The van der Waals surface area contributed by atoms with Crippen molar-refractivity contribution in [2.24, 2.45) is 11.3 Å². The Bertz CT molecular complexity index is 947. The number of aromatic nitrogens is 3. The van der Waals surface area contributed by atoms with Crippen LogP contribution in [0.5, 0.6) is 0 Å². The number of hydrogen-bond acceptors (Lipinski definition) is 2. The van der Waals surface area contributed by atoms with Gasteiger partial charge in [-0.1, -0.05) is 36.8 Å². The monoisotopic (exact) mass is 295 g/mol. The molecule has 2 aromatic rings. The molecule has 4 aliphatic rings. The molecule has 1 aromatic heterocycles. The second-order valence-electron chi connectivity index (χ2n) is 7.05. The summed E-state index contributed by atoms with van der Waals surface area (Å²) >= 11 is 0. The summed E-state index contributed by atoms with van der Waals surface area (Å²) in [5.41, 5.74) is 1.56. The topological polar surface area (TPSA) is 48.9 Å². The molecule has 0 radical (unpaired) electrons. The third-order valence-electron chi connectivity index (χ3n) is 5.80. The highest BCUT2D eigenvalue weighted by Gasteiger charge is 2.66. The molecule has 1 fully saturated rings. The first-order valence-electron chi connectivity index (χ1n) is 7.74. The molecule has 1 saturated carbocycles. The first kappa shape index (κ1) is 12.3. The van der Waals surface area contributed by atoms with Crippen molar-refractivity contribution in [1.29, 1.82) is 0 Å². The van der Waals surface area contributed by atoms with Crippen molar-refractivity contribution in [3.63, 3.8) is 0 Å². The first-order valence-corrected chi connectivity index (χ1v) is 7.74. The zero-order valence-corrected chi connectivity index (χ0v) is 12.6. The number of benzene rings is 1. The lowest BCUT2D eigenvalue weighted by Gasteiger charge is -2.40. The summed E-state index contributed by atoms with van der Waals surface area (Å²) in [6.45, 7) is 4.32. The van der Waals surface area contributed by atoms with Crippen LogP contribution >= 0.6 is 0 Å². The third kappa shape index (κ3) is 1.18. The molecule has 2 aliphatic heterocycles. The van der Waals surface area contributed by atoms with Gasteiger partial charge in [-0.2, -0.15) is 0 Å². The molecule has 2 bridgehead atoms. The average Bonchev–Trinajstić information content (AvgIpc) is 3.15. The molecule has 0 amide bonds. The fourth-order valence-electron chi connectivity index (χ4n) is 4.73. The fourth-order valence-corrected chi connectivity index (χ4v) is 4.73. The minimum Gasteiger partial charge on any atom is -0.245 e. The first-order chi connectivity index (χ1) is 10.5. The maximum absolute atomic E-state index is 13.0. The Hall–Kier alpha value is -2.30. The largest absolute Gasteiger partial charge is 0.352 e. The van der Waals surface area contributed by atoms with Crippen LogP contribution in [-0.4, -0.2) is 13.9 Å². The third-order valence-corrected chi connectivity index (χ3v) is 5.80. The van der Waals surface area contributed by atoms with Gasteiger partial charge >= 0.3 is 11.4 Å². The molecule has 2 aliphatic carbocycles. The highest BCUT2D eigenvalue weighted by molar-refractivity contribution is 5.34. The quantitative estimate of drug-likeness (QED) is 0.754. The van der Waals surface area contributed by atoms with E-state index >= 15 is 0 Å². The van der Waals surface area contributed by atoms with E-state index in [4.69, 9.17) is 0 Å². The van der Waals surface area contributed by atoms with E-state index in [0.717, 1.165) is 6.42 Å². The van der Waals surface area contributed by atoms with E-state index in [1.54, 1.807) is 21.5 Å². The zero-order chi connectivity index (χ0) is 15.2. The van der Waals surface area contributed by atoms with Crippen LogP contribution in [0.1, 0.15) is 32.4 Å². The summed E-state index contributed by atoms with van der Waals surface area (Å²) in [5, 5.41) is 0. The zero-order valence-electron chi connectivity index (χ0n) is 12.6.